The molecular weight excluding hydrogens is 334 g/mol. The van der Waals surface area contributed by atoms with Crippen molar-refractivity contribution in [2.75, 3.05) is 6.61 Å². The molecule has 1 saturated heterocycles. The summed E-state index contributed by atoms with van der Waals surface area (Å²) in [6, 6.07) is 21.4. The molecule has 0 aromatic heterocycles. The Morgan fingerprint density at radius 2 is 1.56 bits per heavy atom. The van der Waals surface area contributed by atoms with Crippen LogP contribution in [-0.2, 0) is 22.6 Å². The van der Waals surface area contributed by atoms with Gasteiger partial charge < -0.3 is 9.47 Å². The molecule has 0 radical (unpaired) electrons. The van der Waals surface area contributed by atoms with E-state index in [1.807, 2.05) is 19.9 Å². The molecule has 0 amide bonds. The Bertz CT molecular complexity index is 672. The molecule has 0 N–H and O–H groups in total. The second-order valence-corrected chi connectivity index (χ2v) is 7.83. The highest BCUT2D eigenvalue weighted by molar-refractivity contribution is 5.18. The summed E-state index contributed by atoms with van der Waals surface area (Å²) in [6.45, 7) is 12.6. The zero-order valence-corrected chi connectivity index (χ0v) is 16.7. The van der Waals surface area contributed by atoms with E-state index in [1.54, 1.807) is 0 Å². The molecule has 2 aromatic carbocycles. The number of ether oxygens (including phenoxy) is 2. The Labute approximate surface area is 163 Å². The number of hydrogen-bond acceptors (Lipinski definition) is 3. The van der Waals surface area contributed by atoms with Crippen molar-refractivity contribution < 1.29 is 9.47 Å². The van der Waals surface area contributed by atoms with E-state index in [-0.39, 0.29) is 18.1 Å². The Balaban J connectivity index is 1.90. The summed E-state index contributed by atoms with van der Waals surface area (Å²) >= 11 is 0. The van der Waals surface area contributed by atoms with Crippen LogP contribution in [0.2, 0.25) is 0 Å². The topological polar surface area (TPSA) is 21.7 Å². The summed E-state index contributed by atoms with van der Waals surface area (Å²) in [5, 5.41) is 0. The normalized spacial score (nSPS) is 21.1. The second-order valence-electron chi connectivity index (χ2n) is 7.83. The zero-order chi connectivity index (χ0) is 19.3. The van der Waals surface area contributed by atoms with Gasteiger partial charge in [-0.3, -0.25) is 4.90 Å². The molecule has 0 saturated carbocycles. The third-order valence-electron chi connectivity index (χ3n) is 5.20. The number of hydrogen-bond donors (Lipinski definition) is 0. The SMILES string of the molecule is C=C[C@@H](C)[C@@H]([C@@H]1COC(C)(C)O1)N(Cc1ccccc1)Cc1ccccc1. The molecule has 3 nitrogen and oxygen atoms in total. The van der Waals surface area contributed by atoms with Gasteiger partial charge in [0.2, 0.25) is 0 Å². The summed E-state index contributed by atoms with van der Waals surface area (Å²) in [5.41, 5.74) is 2.60. The minimum Gasteiger partial charge on any atom is -0.348 e. The molecule has 144 valence electrons. The molecule has 0 unspecified atom stereocenters. The smallest absolute Gasteiger partial charge is 0.163 e. The van der Waals surface area contributed by atoms with Crippen molar-refractivity contribution >= 4 is 0 Å². The van der Waals surface area contributed by atoms with Gasteiger partial charge in [-0.25, -0.2) is 0 Å². The van der Waals surface area contributed by atoms with Gasteiger partial charge in [0.05, 0.1) is 6.61 Å². The third-order valence-corrected chi connectivity index (χ3v) is 5.20. The predicted octanol–water partition coefficient (Wildman–Crippen LogP) is 5.03. The average Bonchev–Trinajstić information content (AvgIpc) is 3.02. The van der Waals surface area contributed by atoms with Crippen molar-refractivity contribution in [1.29, 1.82) is 0 Å². The van der Waals surface area contributed by atoms with Gasteiger partial charge in [0.25, 0.3) is 0 Å². The lowest BCUT2D eigenvalue weighted by Crippen LogP contribution is -2.48. The molecule has 3 rings (SSSR count). The molecule has 1 heterocycles. The molecule has 1 aliphatic heterocycles. The third kappa shape index (κ3) is 5.29. The summed E-state index contributed by atoms with van der Waals surface area (Å²) in [7, 11) is 0. The molecule has 2 aromatic rings. The summed E-state index contributed by atoms with van der Waals surface area (Å²) in [6.07, 6.45) is 2.04. The van der Waals surface area contributed by atoms with E-state index in [4.69, 9.17) is 9.47 Å². The van der Waals surface area contributed by atoms with E-state index in [9.17, 15) is 0 Å². The Hall–Kier alpha value is -1.94. The van der Waals surface area contributed by atoms with Gasteiger partial charge in [-0.05, 0) is 30.9 Å². The maximum absolute atomic E-state index is 6.28. The van der Waals surface area contributed by atoms with Gasteiger partial charge in [-0.15, -0.1) is 6.58 Å². The van der Waals surface area contributed by atoms with Gasteiger partial charge in [-0.1, -0.05) is 73.7 Å². The van der Waals surface area contributed by atoms with Crippen LogP contribution >= 0.6 is 0 Å². The zero-order valence-electron chi connectivity index (χ0n) is 16.7. The highest BCUT2D eigenvalue weighted by Gasteiger charge is 2.41. The van der Waals surface area contributed by atoms with E-state index < -0.39 is 5.79 Å². The standard InChI is InChI=1S/C24H31NO2/c1-5-19(2)23(22-18-26-24(3,4)27-22)25(16-20-12-8-6-9-13-20)17-21-14-10-7-11-15-21/h5-15,19,22-23H,1,16-18H2,2-4H3/t19-,22+,23+/m1/s1. The van der Waals surface area contributed by atoms with Crippen LogP contribution in [0.25, 0.3) is 0 Å². The van der Waals surface area contributed by atoms with Crippen molar-refractivity contribution in [2.24, 2.45) is 5.92 Å². The molecule has 0 spiro atoms. The Morgan fingerprint density at radius 1 is 1.04 bits per heavy atom. The van der Waals surface area contributed by atoms with Crippen molar-refractivity contribution in [3.05, 3.63) is 84.4 Å². The molecule has 3 atom stereocenters. The second kappa shape index (κ2) is 8.83. The van der Waals surface area contributed by atoms with Crippen LogP contribution in [0.5, 0.6) is 0 Å². The van der Waals surface area contributed by atoms with Gasteiger partial charge in [0.1, 0.15) is 6.10 Å². The summed E-state index contributed by atoms with van der Waals surface area (Å²) in [5.74, 6) is -0.255. The highest BCUT2D eigenvalue weighted by atomic mass is 16.7. The van der Waals surface area contributed by atoms with E-state index in [2.05, 4.69) is 79.1 Å². The monoisotopic (exact) mass is 365 g/mol. The first-order chi connectivity index (χ1) is 13.0. The Morgan fingerprint density at radius 3 is 1.96 bits per heavy atom. The van der Waals surface area contributed by atoms with Crippen LogP contribution in [0.3, 0.4) is 0 Å². The van der Waals surface area contributed by atoms with Crippen LogP contribution in [0.15, 0.2) is 73.3 Å². The van der Waals surface area contributed by atoms with E-state index in [0.29, 0.717) is 6.61 Å². The quantitative estimate of drug-likeness (QED) is 0.612. The molecule has 0 bridgehead atoms. The van der Waals surface area contributed by atoms with Gasteiger partial charge >= 0.3 is 0 Å². The van der Waals surface area contributed by atoms with Crippen molar-refractivity contribution in [3.8, 4) is 0 Å². The molecule has 3 heteroatoms. The molecule has 1 fully saturated rings. The molecular formula is C24H31NO2. The lowest BCUT2D eigenvalue weighted by atomic mass is 9.94. The van der Waals surface area contributed by atoms with Gasteiger partial charge in [-0.2, -0.15) is 0 Å². The van der Waals surface area contributed by atoms with E-state index in [0.717, 1.165) is 13.1 Å². The fourth-order valence-corrected chi connectivity index (χ4v) is 3.83. The first-order valence-corrected chi connectivity index (χ1v) is 9.75. The lowest BCUT2D eigenvalue weighted by molar-refractivity contribution is -0.149. The molecule has 0 aliphatic carbocycles. The lowest BCUT2D eigenvalue weighted by Gasteiger charge is -2.38. The number of benzene rings is 2. The fraction of sp³-hybridized carbons (Fsp3) is 0.417. The largest absolute Gasteiger partial charge is 0.348 e. The number of nitrogens with zero attached hydrogens (tertiary/aromatic N) is 1. The van der Waals surface area contributed by atoms with Crippen molar-refractivity contribution in [2.45, 2.75) is 51.8 Å². The van der Waals surface area contributed by atoms with Crippen LogP contribution in [0.4, 0.5) is 0 Å². The van der Waals surface area contributed by atoms with Crippen molar-refractivity contribution in [1.82, 2.24) is 4.90 Å². The van der Waals surface area contributed by atoms with Crippen LogP contribution < -0.4 is 0 Å². The van der Waals surface area contributed by atoms with E-state index >= 15 is 0 Å². The fourth-order valence-electron chi connectivity index (χ4n) is 3.83. The van der Waals surface area contributed by atoms with Crippen LogP contribution in [-0.4, -0.2) is 29.4 Å². The molecule has 1 aliphatic rings. The first kappa shape index (κ1) is 19.8. The first-order valence-electron chi connectivity index (χ1n) is 9.75. The van der Waals surface area contributed by atoms with E-state index in [1.165, 1.54) is 11.1 Å². The average molecular weight is 366 g/mol. The van der Waals surface area contributed by atoms with Crippen LogP contribution in [0, 0.1) is 5.92 Å². The Kier molecular flexibility index (Phi) is 6.48. The van der Waals surface area contributed by atoms with Crippen LogP contribution in [0.1, 0.15) is 31.9 Å². The highest BCUT2D eigenvalue weighted by Crippen LogP contribution is 2.31. The molecule has 27 heavy (non-hydrogen) atoms. The van der Waals surface area contributed by atoms with Gasteiger partial charge in [0.15, 0.2) is 5.79 Å². The maximum Gasteiger partial charge on any atom is 0.163 e. The minimum absolute atomic E-state index is 0.0143. The minimum atomic E-state index is -0.533. The summed E-state index contributed by atoms with van der Waals surface area (Å²) in [4.78, 5) is 2.51. The summed E-state index contributed by atoms with van der Waals surface area (Å²) < 4.78 is 12.2. The van der Waals surface area contributed by atoms with Crippen molar-refractivity contribution in [3.63, 3.8) is 0 Å². The van der Waals surface area contributed by atoms with Gasteiger partial charge in [0, 0.05) is 19.1 Å². The predicted molar refractivity (Wildman–Crippen MR) is 110 cm³/mol. The maximum atomic E-state index is 6.28. The number of rotatable bonds is 8.